The van der Waals surface area contributed by atoms with Crippen molar-refractivity contribution in [1.82, 2.24) is 15.1 Å². The first kappa shape index (κ1) is 23.3. The maximum absolute atomic E-state index is 13.0. The first-order chi connectivity index (χ1) is 15.3. The maximum Gasteiger partial charge on any atom is 0.257 e. The van der Waals surface area contributed by atoms with Gasteiger partial charge in [-0.25, -0.2) is 0 Å². The zero-order chi connectivity index (χ0) is 23.3. The second kappa shape index (κ2) is 10.3. The fourth-order valence-electron chi connectivity index (χ4n) is 3.94. The number of nitrogens with zero attached hydrogens (tertiary/aromatic N) is 3. The minimum atomic E-state index is -0.179. The minimum Gasteiger partial charge on any atom is -0.326 e. The summed E-state index contributed by atoms with van der Waals surface area (Å²) in [5.41, 5.74) is 8.17. The van der Waals surface area contributed by atoms with Gasteiger partial charge in [-0.1, -0.05) is 29.3 Å². The summed E-state index contributed by atoms with van der Waals surface area (Å²) in [6.45, 7) is 13.6. The van der Waals surface area contributed by atoms with Crippen LogP contribution in [-0.2, 0) is 13.0 Å². The van der Waals surface area contributed by atoms with Crippen molar-refractivity contribution in [1.29, 1.82) is 0 Å². The summed E-state index contributed by atoms with van der Waals surface area (Å²) in [6.07, 6.45) is 0.760. The molecule has 168 valence electrons. The number of hydrogen-bond acceptors (Lipinski definition) is 3. The molecule has 2 N–H and O–H groups in total. The number of aliphatic imine (C=N–C) groups is 1. The van der Waals surface area contributed by atoms with Gasteiger partial charge >= 0.3 is 0 Å². The number of benzene rings is 2. The van der Waals surface area contributed by atoms with Crippen LogP contribution in [0, 0.1) is 34.6 Å². The van der Waals surface area contributed by atoms with Gasteiger partial charge in [0.25, 0.3) is 5.91 Å². The van der Waals surface area contributed by atoms with Crippen molar-refractivity contribution >= 4 is 17.6 Å². The highest BCUT2D eigenvalue weighted by atomic mass is 16.1. The SMILES string of the molecule is CCn1nc(C)c(CCN=C(NC(=O)c2cc(C)cc(C)c2)Nc2cccc(C)c2)c1C. The molecule has 1 heterocycles. The van der Waals surface area contributed by atoms with Gasteiger partial charge in [-0.05, 0) is 83.4 Å². The molecule has 0 saturated heterocycles. The Kier molecular flexibility index (Phi) is 7.46. The fraction of sp³-hybridized carbons (Fsp3) is 0.346. The summed E-state index contributed by atoms with van der Waals surface area (Å²) in [5.74, 6) is 0.264. The molecule has 2 aromatic carbocycles. The maximum atomic E-state index is 13.0. The fourth-order valence-corrected chi connectivity index (χ4v) is 3.94. The molecule has 0 aliphatic heterocycles. The molecule has 1 aromatic heterocycles. The van der Waals surface area contributed by atoms with E-state index < -0.39 is 0 Å². The van der Waals surface area contributed by atoms with Crippen molar-refractivity contribution in [3.63, 3.8) is 0 Å². The van der Waals surface area contributed by atoms with Crippen LogP contribution in [0.1, 0.15) is 50.9 Å². The van der Waals surface area contributed by atoms with Gasteiger partial charge in [-0.15, -0.1) is 0 Å². The lowest BCUT2D eigenvalue weighted by atomic mass is 10.1. The Labute approximate surface area is 190 Å². The van der Waals surface area contributed by atoms with Crippen molar-refractivity contribution < 1.29 is 4.79 Å². The highest BCUT2D eigenvalue weighted by molar-refractivity contribution is 6.10. The second-order valence-corrected chi connectivity index (χ2v) is 8.27. The van der Waals surface area contributed by atoms with Gasteiger partial charge in [-0.2, -0.15) is 5.10 Å². The monoisotopic (exact) mass is 431 g/mol. The Hall–Kier alpha value is -3.41. The lowest BCUT2D eigenvalue weighted by molar-refractivity contribution is 0.0976. The van der Waals surface area contributed by atoms with Crippen molar-refractivity contribution in [3.8, 4) is 0 Å². The van der Waals surface area contributed by atoms with Crippen LogP contribution in [0.2, 0.25) is 0 Å². The quantitative estimate of drug-likeness (QED) is 0.431. The summed E-state index contributed by atoms with van der Waals surface area (Å²) >= 11 is 0. The topological polar surface area (TPSA) is 71.3 Å². The molecule has 0 aliphatic rings. The minimum absolute atomic E-state index is 0.179. The lowest BCUT2D eigenvalue weighted by Gasteiger charge is -2.13. The predicted octanol–water partition coefficient (Wildman–Crippen LogP) is 4.89. The van der Waals surface area contributed by atoms with Crippen LogP contribution in [0.5, 0.6) is 0 Å². The van der Waals surface area contributed by atoms with Gasteiger partial charge in [0.15, 0.2) is 0 Å². The number of rotatable bonds is 6. The Bertz CT molecular complexity index is 1120. The molecule has 0 bridgehead atoms. The average molecular weight is 432 g/mol. The van der Waals surface area contributed by atoms with Crippen LogP contribution < -0.4 is 10.6 Å². The number of carbonyl (C=O) groups is 1. The summed E-state index contributed by atoms with van der Waals surface area (Å²) in [6, 6.07) is 13.8. The molecule has 0 spiro atoms. The van der Waals surface area contributed by atoms with Crippen LogP contribution >= 0.6 is 0 Å². The number of anilines is 1. The zero-order valence-electron chi connectivity index (χ0n) is 19.9. The highest BCUT2D eigenvalue weighted by Crippen LogP contribution is 2.14. The number of hydrogen-bond donors (Lipinski definition) is 2. The number of guanidine groups is 1. The summed E-state index contributed by atoms with van der Waals surface area (Å²) in [5, 5.41) is 10.8. The van der Waals surface area contributed by atoms with Gasteiger partial charge in [-0.3, -0.25) is 19.8 Å². The Morgan fingerprint density at radius 1 is 1.00 bits per heavy atom. The first-order valence-electron chi connectivity index (χ1n) is 11.1. The van der Waals surface area contributed by atoms with Crippen LogP contribution in [0.4, 0.5) is 5.69 Å². The molecule has 6 nitrogen and oxygen atoms in total. The number of amides is 1. The Morgan fingerprint density at radius 2 is 1.72 bits per heavy atom. The molecule has 0 unspecified atom stereocenters. The predicted molar refractivity (Wildman–Crippen MR) is 132 cm³/mol. The molecule has 0 atom stereocenters. The Balaban J connectivity index is 1.81. The summed E-state index contributed by atoms with van der Waals surface area (Å²) in [4.78, 5) is 17.7. The van der Waals surface area contributed by atoms with E-state index in [2.05, 4.69) is 35.6 Å². The Morgan fingerprint density at radius 3 is 2.34 bits per heavy atom. The summed E-state index contributed by atoms with van der Waals surface area (Å²) in [7, 11) is 0. The van der Waals surface area contributed by atoms with Crippen LogP contribution in [-0.4, -0.2) is 28.2 Å². The zero-order valence-corrected chi connectivity index (χ0v) is 19.9. The molecule has 3 rings (SSSR count). The highest BCUT2D eigenvalue weighted by Gasteiger charge is 2.13. The third-order valence-electron chi connectivity index (χ3n) is 5.46. The normalized spacial score (nSPS) is 11.5. The average Bonchev–Trinajstić information content (AvgIpc) is 3.00. The van der Waals surface area contributed by atoms with E-state index in [4.69, 9.17) is 4.99 Å². The third kappa shape index (κ3) is 5.84. The van der Waals surface area contributed by atoms with E-state index in [1.807, 2.05) is 68.8 Å². The van der Waals surface area contributed by atoms with E-state index in [0.717, 1.165) is 41.0 Å². The van der Waals surface area contributed by atoms with E-state index in [9.17, 15) is 4.79 Å². The molecule has 6 heteroatoms. The molecule has 0 aliphatic carbocycles. The first-order valence-corrected chi connectivity index (χ1v) is 11.1. The van der Waals surface area contributed by atoms with Crippen LogP contribution in [0.25, 0.3) is 0 Å². The van der Waals surface area contributed by atoms with Gasteiger partial charge in [0, 0.05) is 30.0 Å². The molecular weight excluding hydrogens is 398 g/mol. The van der Waals surface area contributed by atoms with Crippen molar-refractivity contribution in [3.05, 3.63) is 81.7 Å². The standard InChI is InChI=1S/C26H33N5O/c1-7-31-21(6)24(20(5)30-31)11-12-27-26(28-23-10-8-9-17(2)16-23)29-25(32)22-14-18(3)13-19(4)15-22/h8-10,13-16H,7,11-12H2,1-6H3,(H2,27,28,29,32). The smallest absolute Gasteiger partial charge is 0.257 e. The molecular formula is C26H33N5O. The number of nitrogens with one attached hydrogen (secondary N) is 2. The molecule has 1 amide bonds. The van der Waals surface area contributed by atoms with E-state index >= 15 is 0 Å². The number of carbonyl (C=O) groups excluding carboxylic acids is 1. The lowest BCUT2D eigenvalue weighted by Crippen LogP contribution is -2.36. The number of aromatic nitrogens is 2. The van der Waals surface area contributed by atoms with E-state index in [1.54, 1.807) is 0 Å². The molecule has 0 radical (unpaired) electrons. The summed E-state index contributed by atoms with van der Waals surface area (Å²) < 4.78 is 2.02. The third-order valence-corrected chi connectivity index (χ3v) is 5.46. The number of aryl methyl sites for hydroxylation is 5. The van der Waals surface area contributed by atoms with Crippen LogP contribution in [0.15, 0.2) is 47.5 Å². The van der Waals surface area contributed by atoms with Crippen molar-refractivity contribution in [2.45, 2.75) is 54.5 Å². The van der Waals surface area contributed by atoms with Gasteiger partial charge in [0.1, 0.15) is 0 Å². The van der Waals surface area contributed by atoms with Gasteiger partial charge < -0.3 is 5.32 Å². The molecule has 0 saturated carbocycles. The largest absolute Gasteiger partial charge is 0.326 e. The molecule has 32 heavy (non-hydrogen) atoms. The second-order valence-electron chi connectivity index (χ2n) is 8.27. The van der Waals surface area contributed by atoms with E-state index in [1.165, 1.54) is 11.3 Å². The van der Waals surface area contributed by atoms with E-state index in [-0.39, 0.29) is 5.91 Å². The molecule has 3 aromatic rings. The van der Waals surface area contributed by atoms with Gasteiger partial charge in [0.05, 0.1) is 5.69 Å². The van der Waals surface area contributed by atoms with E-state index in [0.29, 0.717) is 18.1 Å². The van der Waals surface area contributed by atoms with Gasteiger partial charge in [0.2, 0.25) is 5.96 Å². The van der Waals surface area contributed by atoms with Crippen molar-refractivity contribution in [2.24, 2.45) is 4.99 Å². The van der Waals surface area contributed by atoms with Crippen LogP contribution in [0.3, 0.4) is 0 Å². The molecule has 0 fully saturated rings. The van der Waals surface area contributed by atoms with Crippen molar-refractivity contribution in [2.75, 3.05) is 11.9 Å².